The summed E-state index contributed by atoms with van der Waals surface area (Å²) >= 11 is 0. The van der Waals surface area contributed by atoms with Crippen LogP contribution in [0, 0.1) is 16.7 Å². The van der Waals surface area contributed by atoms with E-state index in [9.17, 15) is 4.79 Å². The van der Waals surface area contributed by atoms with Crippen molar-refractivity contribution in [3.05, 3.63) is 24.3 Å². The summed E-state index contributed by atoms with van der Waals surface area (Å²) in [7, 11) is 0. The molecule has 0 aromatic heterocycles. The van der Waals surface area contributed by atoms with Crippen molar-refractivity contribution in [1.82, 2.24) is 5.32 Å². The van der Waals surface area contributed by atoms with Crippen LogP contribution < -0.4 is 14.8 Å². The highest BCUT2D eigenvalue weighted by atomic mass is 16.6. The van der Waals surface area contributed by atoms with E-state index in [1.807, 2.05) is 24.3 Å². The molecule has 124 valence electrons. The predicted molar refractivity (Wildman–Crippen MR) is 87.5 cm³/mol. The first-order valence-electron chi connectivity index (χ1n) is 8.61. The van der Waals surface area contributed by atoms with Gasteiger partial charge in [0.15, 0.2) is 11.5 Å². The molecule has 2 bridgehead atoms. The van der Waals surface area contributed by atoms with E-state index in [1.54, 1.807) is 0 Å². The number of rotatable bonds is 2. The molecule has 2 fully saturated rings. The van der Waals surface area contributed by atoms with E-state index in [4.69, 9.17) is 9.47 Å². The van der Waals surface area contributed by atoms with Crippen molar-refractivity contribution in [1.29, 1.82) is 0 Å². The van der Waals surface area contributed by atoms with Crippen LogP contribution in [-0.2, 0) is 4.79 Å². The van der Waals surface area contributed by atoms with E-state index in [0.29, 0.717) is 22.8 Å². The summed E-state index contributed by atoms with van der Waals surface area (Å²) in [6.07, 6.45) is 3.00. The van der Waals surface area contributed by atoms with Crippen LogP contribution in [0.1, 0.15) is 40.0 Å². The lowest BCUT2D eigenvalue weighted by molar-refractivity contribution is -0.132. The Morgan fingerprint density at radius 3 is 2.61 bits per heavy atom. The van der Waals surface area contributed by atoms with E-state index in [1.165, 1.54) is 12.8 Å². The minimum Gasteiger partial charge on any atom is -0.485 e. The Hall–Kier alpha value is -1.71. The number of ether oxygens (including phenoxy) is 2. The minimum atomic E-state index is -0.560. The summed E-state index contributed by atoms with van der Waals surface area (Å²) < 4.78 is 11.5. The molecule has 1 aromatic carbocycles. The van der Waals surface area contributed by atoms with Crippen LogP contribution in [0.4, 0.5) is 0 Å². The van der Waals surface area contributed by atoms with Gasteiger partial charge in [-0.15, -0.1) is 0 Å². The zero-order valence-corrected chi connectivity index (χ0v) is 14.1. The number of carbonyl (C=O) groups excluding carboxylic acids is 1. The summed E-state index contributed by atoms with van der Waals surface area (Å²) in [5.41, 5.74) is 0.474. The standard InChI is InChI=1S/C19H25NO3/c1-18(2)12-8-9-19(18,3)16(10-12)20-17(21)15-11-22-13-6-4-5-7-14(13)23-15/h4-7,12,15-16H,8-11H2,1-3H3,(H,20,21)/t12-,15+,16-,19+/m1/s1. The molecule has 1 heterocycles. The topological polar surface area (TPSA) is 47.6 Å². The first-order valence-corrected chi connectivity index (χ1v) is 8.61. The van der Waals surface area contributed by atoms with E-state index >= 15 is 0 Å². The molecule has 0 saturated heterocycles. The predicted octanol–water partition coefficient (Wildman–Crippen LogP) is 3.16. The van der Waals surface area contributed by atoms with Crippen LogP contribution in [0.5, 0.6) is 11.5 Å². The van der Waals surface area contributed by atoms with Gasteiger partial charge in [0.1, 0.15) is 6.61 Å². The third kappa shape index (κ3) is 2.07. The van der Waals surface area contributed by atoms with E-state index in [2.05, 4.69) is 26.1 Å². The molecule has 3 aliphatic rings. The maximum Gasteiger partial charge on any atom is 0.264 e. The maximum absolute atomic E-state index is 12.7. The monoisotopic (exact) mass is 315 g/mol. The fourth-order valence-electron chi connectivity index (χ4n) is 4.84. The average Bonchev–Trinajstić information content (AvgIpc) is 2.87. The fourth-order valence-corrected chi connectivity index (χ4v) is 4.84. The lowest BCUT2D eigenvalue weighted by atomic mass is 9.69. The Morgan fingerprint density at radius 2 is 1.96 bits per heavy atom. The van der Waals surface area contributed by atoms with Gasteiger partial charge in [-0.1, -0.05) is 32.9 Å². The summed E-state index contributed by atoms with van der Waals surface area (Å²) in [6.45, 7) is 7.32. The Morgan fingerprint density at radius 1 is 1.22 bits per heavy atom. The van der Waals surface area contributed by atoms with Crippen LogP contribution in [0.2, 0.25) is 0 Å². The van der Waals surface area contributed by atoms with Crippen LogP contribution >= 0.6 is 0 Å². The highest BCUT2D eigenvalue weighted by molar-refractivity contribution is 5.82. The molecule has 0 unspecified atom stereocenters. The van der Waals surface area contributed by atoms with Gasteiger partial charge in [-0.25, -0.2) is 0 Å². The Bertz CT molecular complexity index is 641. The number of hydrogen-bond donors (Lipinski definition) is 1. The first kappa shape index (κ1) is 14.9. The van der Waals surface area contributed by atoms with Crippen molar-refractivity contribution in [3.63, 3.8) is 0 Å². The summed E-state index contributed by atoms with van der Waals surface area (Å²) in [5, 5.41) is 3.26. The Balaban J connectivity index is 1.46. The van der Waals surface area contributed by atoms with Gasteiger partial charge in [0.2, 0.25) is 6.10 Å². The van der Waals surface area contributed by atoms with Gasteiger partial charge >= 0.3 is 0 Å². The quantitative estimate of drug-likeness (QED) is 0.912. The number of carbonyl (C=O) groups is 1. The molecule has 2 aliphatic carbocycles. The summed E-state index contributed by atoms with van der Waals surface area (Å²) in [6, 6.07) is 7.74. The molecule has 0 spiro atoms. The van der Waals surface area contributed by atoms with E-state index in [-0.39, 0.29) is 24.0 Å². The molecular formula is C19H25NO3. The number of para-hydroxylation sites is 2. The first-order chi connectivity index (χ1) is 10.9. The third-order valence-electron chi connectivity index (χ3n) is 6.91. The number of fused-ring (bicyclic) bond motifs is 3. The molecular weight excluding hydrogens is 290 g/mol. The lowest BCUT2D eigenvalue weighted by Crippen LogP contribution is -2.52. The summed E-state index contributed by atoms with van der Waals surface area (Å²) in [4.78, 5) is 12.7. The highest BCUT2D eigenvalue weighted by Crippen LogP contribution is 2.65. The normalized spacial score (nSPS) is 36.7. The van der Waals surface area contributed by atoms with Crippen molar-refractivity contribution in [2.75, 3.05) is 6.61 Å². The second kappa shape index (κ2) is 4.89. The van der Waals surface area contributed by atoms with Gasteiger partial charge in [0, 0.05) is 6.04 Å². The number of nitrogens with one attached hydrogen (secondary N) is 1. The van der Waals surface area contributed by atoms with Gasteiger partial charge in [-0.3, -0.25) is 4.79 Å². The van der Waals surface area contributed by atoms with Gasteiger partial charge in [0.25, 0.3) is 5.91 Å². The smallest absolute Gasteiger partial charge is 0.264 e. The highest BCUT2D eigenvalue weighted by Gasteiger charge is 2.61. The van der Waals surface area contributed by atoms with Crippen LogP contribution in [0.15, 0.2) is 24.3 Å². The Labute approximate surface area is 137 Å². The second-order valence-electron chi connectivity index (χ2n) is 8.04. The molecule has 1 N–H and O–H groups in total. The van der Waals surface area contributed by atoms with Crippen molar-refractivity contribution < 1.29 is 14.3 Å². The minimum absolute atomic E-state index is 0.0471. The van der Waals surface area contributed by atoms with Crippen molar-refractivity contribution in [2.45, 2.75) is 52.2 Å². The second-order valence-corrected chi connectivity index (χ2v) is 8.04. The van der Waals surface area contributed by atoms with Gasteiger partial charge in [-0.05, 0) is 48.1 Å². The molecule has 1 aromatic rings. The SMILES string of the molecule is CC1(C)[C@@H]2CC[C@@]1(C)[C@H](NC(=O)[C@@H]1COc3ccccc3O1)C2. The molecule has 1 aliphatic heterocycles. The number of hydrogen-bond acceptors (Lipinski definition) is 3. The molecule has 4 heteroatoms. The van der Waals surface area contributed by atoms with Gasteiger partial charge < -0.3 is 14.8 Å². The average molecular weight is 315 g/mol. The van der Waals surface area contributed by atoms with Crippen LogP contribution in [0.3, 0.4) is 0 Å². The molecule has 4 nitrogen and oxygen atoms in total. The largest absolute Gasteiger partial charge is 0.485 e. The van der Waals surface area contributed by atoms with Crippen molar-refractivity contribution in [2.24, 2.45) is 16.7 Å². The Kier molecular flexibility index (Phi) is 3.16. The van der Waals surface area contributed by atoms with E-state index in [0.717, 1.165) is 6.42 Å². The molecule has 4 rings (SSSR count). The van der Waals surface area contributed by atoms with E-state index < -0.39 is 6.10 Å². The zero-order valence-electron chi connectivity index (χ0n) is 14.1. The van der Waals surface area contributed by atoms with Gasteiger partial charge in [-0.2, -0.15) is 0 Å². The zero-order chi connectivity index (χ0) is 16.2. The van der Waals surface area contributed by atoms with Crippen molar-refractivity contribution in [3.8, 4) is 11.5 Å². The molecule has 1 amide bonds. The maximum atomic E-state index is 12.7. The molecule has 0 radical (unpaired) electrons. The molecule has 4 atom stereocenters. The number of amides is 1. The molecule has 23 heavy (non-hydrogen) atoms. The van der Waals surface area contributed by atoms with Crippen LogP contribution in [0.25, 0.3) is 0 Å². The third-order valence-corrected chi connectivity index (χ3v) is 6.91. The lowest BCUT2D eigenvalue weighted by Gasteiger charge is -2.40. The van der Waals surface area contributed by atoms with Gasteiger partial charge in [0.05, 0.1) is 0 Å². The number of benzene rings is 1. The summed E-state index contributed by atoms with van der Waals surface area (Å²) in [5.74, 6) is 2.03. The van der Waals surface area contributed by atoms with Crippen LogP contribution in [-0.4, -0.2) is 24.7 Å². The fraction of sp³-hybridized carbons (Fsp3) is 0.632. The molecule has 2 saturated carbocycles. The van der Waals surface area contributed by atoms with Crippen molar-refractivity contribution >= 4 is 5.91 Å².